The van der Waals surface area contributed by atoms with Crippen molar-refractivity contribution in [3.8, 4) is 0 Å². The van der Waals surface area contributed by atoms with Gasteiger partial charge in [0, 0.05) is 6.54 Å². The lowest BCUT2D eigenvalue weighted by molar-refractivity contribution is -0.0936. The van der Waals surface area contributed by atoms with Crippen molar-refractivity contribution in [2.45, 2.75) is 116 Å². The first-order valence-corrected chi connectivity index (χ1v) is 12.1. The Kier molecular flexibility index (Phi) is 16.7. The van der Waals surface area contributed by atoms with Crippen LogP contribution in [0, 0.1) is 0 Å². The van der Waals surface area contributed by atoms with Crippen LogP contribution in [0.3, 0.4) is 0 Å². The van der Waals surface area contributed by atoms with Crippen molar-refractivity contribution >= 4 is 6.34 Å². The van der Waals surface area contributed by atoms with E-state index in [9.17, 15) is 10.2 Å². The fraction of sp³-hybridized carbons (Fsp3) is 0.957. The Morgan fingerprint density at radius 2 is 1.25 bits per heavy atom. The molecule has 0 bridgehead atoms. The highest BCUT2D eigenvalue weighted by Crippen LogP contribution is 2.14. The van der Waals surface area contributed by atoms with Crippen molar-refractivity contribution in [2.75, 3.05) is 26.2 Å². The quantitative estimate of drug-likeness (QED) is 0.221. The van der Waals surface area contributed by atoms with Crippen LogP contribution in [0.1, 0.15) is 110 Å². The SMILES string of the molecule is CCCCCCCCCCCCCCCCCCN(CC(O)O)N1C=NCC1. The molecule has 166 valence electrons. The van der Waals surface area contributed by atoms with E-state index in [0.717, 1.165) is 26.1 Å². The van der Waals surface area contributed by atoms with Crippen molar-refractivity contribution in [3.05, 3.63) is 0 Å². The van der Waals surface area contributed by atoms with Gasteiger partial charge in [-0.15, -0.1) is 0 Å². The molecule has 0 saturated carbocycles. The van der Waals surface area contributed by atoms with Gasteiger partial charge in [-0.2, -0.15) is 0 Å². The molecule has 5 heteroatoms. The second-order valence-corrected chi connectivity index (χ2v) is 8.38. The predicted molar refractivity (Wildman–Crippen MR) is 119 cm³/mol. The molecular formula is C23H47N3O2. The Bertz CT molecular complexity index is 364. The summed E-state index contributed by atoms with van der Waals surface area (Å²) < 4.78 is 0. The summed E-state index contributed by atoms with van der Waals surface area (Å²) in [4.78, 5) is 4.21. The number of aliphatic hydroxyl groups is 2. The lowest BCUT2D eigenvalue weighted by atomic mass is 10.0. The minimum absolute atomic E-state index is 0.269. The molecule has 0 aromatic heterocycles. The minimum atomic E-state index is -1.28. The van der Waals surface area contributed by atoms with Gasteiger partial charge in [-0.3, -0.25) is 10.0 Å². The van der Waals surface area contributed by atoms with Crippen LogP contribution in [-0.4, -0.2) is 59.0 Å². The molecule has 0 unspecified atom stereocenters. The van der Waals surface area contributed by atoms with Gasteiger partial charge >= 0.3 is 0 Å². The number of hydrogen-bond acceptors (Lipinski definition) is 5. The maximum Gasteiger partial charge on any atom is 0.166 e. The Labute approximate surface area is 174 Å². The molecule has 0 amide bonds. The molecule has 1 rings (SSSR count). The van der Waals surface area contributed by atoms with Crippen molar-refractivity contribution in [3.63, 3.8) is 0 Å². The van der Waals surface area contributed by atoms with E-state index < -0.39 is 6.29 Å². The van der Waals surface area contributed by atoms with Crippen LogP contribution in [0.5, 0.6) is 0 Å². The standard InChI is InChI=1S/C23H47N3O2/c1-2-3-4-5-6-7-8-9-10-11-12-13-14-15-16-17-19-25(21-23(27)28)26-20-18-24-22-26/h22-23,27-28H,2-21H2,1H3. The summed E-state index contributed by atoms with van der Waals surface area (Å²) in [5, 5.41) is 22.6. The highest BCUT2D eigenvalue weighted by Gasteiger charge is 2.17. The van der Waals surface area contributed by atoms with Gasteiger partial charge in [0.15, 0.2) is 6.29 Å². The Morgan fingerprint density at radius 3 is 1.64 bits per heavy atom. The van der Waals surface area contributed by atoms with Gasteiger partial charge in [-0.05, 0) is 6.42 Å². The number of nitrogens with zero attached hydrogens (tertiary/aromatic N) is 3. The first kappa shape index (κ1) is 25.4. The average Bonchev–Trinajstić information content (AvgIpc) is 3.21. The largest absolute Gasteiger partial charge is 0.367 e. The van der Waals surface area contributed by atoms with Crippen LogP contribution in [0.15, 0.2) is 4.99 Å². The predicted octanol–water partition coefficient (Wildman–Crippen LogP) is 5.12. The normalized spacial score (nSPS) is 14.1. The first-order chi connectivity index (χ1) is 13.7. The van der Waals surface area contributed by atoms with Crippen LogP contribution in [-0.2, 0) is 0 Å². The number of aliphatic hydroxyl groups excluding tert-OH is 1. The second kappa shape index (κ2) is 18.4. The highest BCUT2D eigenvalue weighted by molar-refractivity contribution is 5.56. The summed E-state index contributed by atoms with van der Waals surface area (Å²) in [6.07, 6.45) is 22.5. The van der Waals surface area contributed by atoms with Crippen LogP contribution in [0.4, 0.5) is 0 Å². The lowest BCUT2D eigenvalue weighted by Gasteiger charge is -2.31. The van der Waals surface area contributed by atoms with Gasteiger partial charge in [-0.25, -0.2) is 5.01 Å². The number of rotatable bonds is 20. The molecule has 5 nitrogen and oxygen atoms in total. The van der Waals surface area contributed by atoms with E-state index in [1.807, 2.05) is 16.4 Å². The van der Waals surface area contributed by atoms with E-state index >= 15 is 0 Å². The highest BCUT2D eigenvalue weighted by atomic mass is 16.5. The van der Waals surface area contributed by atoms with Crippen molar-refractivity contribution in [1.29, 1.82) is 0 Å². The zero-order valence-electron chi connectivity index (χ0n) is 18.5. The third-order valence-corrected chi connectivity index (χ3v) is 5.68. The van der Waals surface area contributed by atoms with Crippen LogP contribution >= 0.6 is 0 Å². The molecule has 1 heterocycles. The fourth-order valence-electron chi connectivity index (χ4n) is 3.94. The summed E-state index contributed by atoms with van der Waals surface area (Å²) in [7, 11) is 0. The van der Waals surface area contributed by atoms with E-state index in [4.69, 9.17) is 0 Å². The number of hydrogen-bond donors (Lipinski definition) is 2. The molecule has 1 aliphatic heterocycles. The van der Waals surface area contributed by atoms with Crippen molar-refractivity contribution in [2.24, 2.45) is 4.99 Å². The molecule has 28 heavy (non-hydrogen) atoms. The molecule has 0 aliphatic carbocycles. The van der Waals surface area contributed by atoms with Crippen LogP contribution < -0.4 is 0 Å². The number of hydrazine groups is 1. The molecule has 1 aliphatic rings. The second-order valence-electron chi connectivity index (χ2n) is 8.38. The molecule has 0 aromatic rings. The molecule has 0 radical (unpaired) electrons. The number of aliphatic imine (C=N–C) groups is 1. The van der Waals surface area contributed by atoms with Gasteiger partial charge in [0.05, 0.1) is 26.0 Å². The van der Waals surface area contributed by atoms with Crippen molar-refractivity contribution in [1.82, 2.24) is 10.0 Å². The summed E-state index contributed by atoms with van der Waals surface area (Å²) >= 11 is 0. The third kappa shape index (κ3) is 14.4. The molecule has 0 atom stereocenters. The Morgan fingerprint density at radius 1 is 0.786 bits per heavy atom. The zero-order chi connectivity index (χ0) is 20.3. The smallest absolute Gasteiger partial charge is 0.166 e. The van der Waals surface area contributed by atoms with Crippen LogP contribution in [0.2, 0.25) is 0 Å². The van der Waals surface area contributed by atoms with E-state index in [-0.39, 0.29) is 6.54 Å². The van der Waals surface area contributed by atoms with Gasteiger partial charge in [0.1, 0.15) is 0 Å². The van der Waals surface area contributed by atoms with Crippen LogP contribution in [0.25, 0.3) is 0 Å². The fourth-order valence-corrected chi connectivity index (χ4v) is 3.94. The summed E-state index contributed by atoms with van der Waals surface area (Å²) in [5.74, 6) is 0. The molecule has 0 spiro atoms. The maximum atomic E-state index is 9.26. The van der Waals surface area contributed by atoms with Gasteiger partial charge in [-0.1, -0.05) is 103 Å². The monoisotopic (exact) mass is 397 g/mol. The third-order valence-electron chi connectivity index (χ3n) is 5.68. The Hall–Kier alpha value is -0.650. The van der Waals surface area contributed by atoms with Gasteiger partial charge in [0.2, 0.25) is 0 Å². The van der Waals surface area contributed by atoms with Gasteiger partial charge in [0.25, 0.3) is 0 Å². The van der Waals surface area contributed by atoms with Crippen molar-refractivity contribution < 1.29 is 10.2 Å². The van der Waals surface area contributed by atoms with E-state index in [2.05, 4.69) is 11.9 Å². The van der Waals surface area contributed by atoms with E-state index in [1.54, 1.807) is 0 Å². The summed E-state index contributed by atoms with van der Waals surface area (Å²) in [6.45, 7) is 5.08. The van der Waals surface area contributed by atoms with E-state index in [0.29, 0.717) is 0 Å². The van der Waals surface area contributed by atoms with E-state index in [1.165, 1.54) is 96.3 Å². The van der Waals surface area contributed by atoms with Gasteiger partial charge < -0.3 is 10.2 Å². The molecule has 0 saturated heterocycles. The molecule has 0 fully saturated rings. The average molecular weight is 398 g/mol. The minimum Gasteiger partial charge on any atom is -0.367 e. The summed E-state index contributed by atoms with van der Waals surface area (Å²) in [6, 6.07) is 0. The zero-order valence-corrected chi connectivity index (χ0v) is 18.5. The molecule has 0 aromatic carbocycles. The maximum absolute atomic E-state index is 9.26. The summed E-state index contributed by atoms with van der Waals surface area (Å²) in [5.41, 5.74) is 0. The molecular weight excluding hydrogens is 350 g/mol. The lowest BCUT2D eigenvalue weighted by Crippen LogP contribution is -2.45. The first-order valence-electron chi connectivity index (χ1n) is 12.1. The number of unbranched alkanes of at least 4 members (excludes halogenated alkanes) is 15. The topological polar surface area (TPSA) is 59.3 Å². The molecule has 2 N–H and O–H groups in total. The Balaban J connectivity index is 1.83.